The molecule has 0 saturated carbocycles. The first-order valence-electron chi connectivity index (χ1n) is 6.80. The number of hydrogen-bond donors (Lipinski definition) is 0. The van der Waals surface area contributed by atoms with E-state index in [0.717, 1.165) is 27.9 Å². The number of nitrogens with zero attached hydrogens (tertiary/aromatic N) is 2. The van der Waals surface area contributed by atoms with Gasteiger partial charge in [0, 0.05) is 11.8 Å². The molecule has 1 aromatic heterocycles. The third kappa shape index (κ3) is 2.82. The minimum Gasteiger partial charge on any atom is -0.256 e. The van der Waals surface area contributed by atoms with Gasteiger partial charge in [0.05, 0.1) is 17.3 Å². The van der Waals surface area contributed by atoms with Gasteiger partial charge in [0.1, 0.15) is 0 Å². The van der Waals surface area contributed by atoms with Gasteiger partial charge in [-0.15, -0.1) is 0 Å². The first kappa shape index (κ1) is 13.1. The Hall–Kier alpha value is -2.92. The van der Waals surface area contributed by atoms with E-state index < -0.39 is 0 Å². The van der Waals surface area contributed by atoms with Crippen molar-refractivity contribution in [2.45, 2.75) is 6.92 Å². The van der Waals surface area contributed by atoms with E-state index in [0.29, 0.717) is 5.56 Å². The van der Waals surface area contributed by atoms with Crippen LogP contribution < -0.4 is 0 Å². The molecule has 0 bridgehead atoms. The molecule has 0 aliphatic heterocycles. The van der Waals surface area contributed by atoms with E-state index in [1.54, 1.807) is 6.20 Å². The topological polar surface area (TPSA) is 36.7 Å². The number of hydrogen-bond acceptors (Lipinski definition) is 2. The summed E-state index contributed by atoms with van der Waals surface area (Å²) >= 11 is 0. The van der Waals surface area contributed by atoms with Crippen molar-refractivity contribution in [1.82, 2.24) is 4.98 Å². The Morgan fingerprint density at radius 3 is 2.29 bits per heavy atom. The molecule has 100 valence electrons. The lowest BCUT2D eigenvalue weighted by Crippen LogP contribution is -1.85. The van der Waals surface area contributed by atoms with Gasteiger partial charge < -0.3 is 0 Å². The highest BCUT2D eigenvalue weighted by atomic mass is 14.7. The molecule has 3 aromatic rings. The molecule has 2 nitrogen and oxygen atoms in total. The molecular weight excluding hydrogens is 256 g/mol. The lowest BCUT2D eigenvalue weighted by molar-refractivity contribution is 1.33. The summed E-state index contributed by atoms with van der Waals surface area (Å²) in [6, 6.07) is 22.3. The number of rotatable bonds is 2. The third-order valence-electron chi connectivity index (χ3n) is 3.39. The predicted molar refractivity (Wildman–Crippen MR) is 84.6 cm³/mol. The summed E-state index contributed by atoms with van der Waals surface area (Å²) in [4.78, 5) is 4.35. The van der Waals surface area contributed by atoms with Crippen LogP contribution in [-0.4, -0.2) is 4.98 Å². The lowest BCUT2D eigenvalue weighted by atomic mass is 9.99. The average molecular weight is 270 g/mol. The largest absolute Gasteiger partial charge is 0.256 e. The molecule has 0 N–H and O–H groups in total. The van der Waals surface area contributed by atoms with Crippen LogP contribution in [0.2, 0.25) is 0 Å². The van der Waals surface area contributed by atoms with Crippen molar-refractivity contribution in [2.24, 2.45) is 0 Å². The van der Waals surface area contributed by atoms with E-state index >= 15 is 0 Å². The number of nitriles is 1. The SMILES string of the molecule is Cc1cc(C#N)cc(-c2ccc(-c3ccccn3)cc2)c1. The van der Waals surface area contributed by atoms with Crippen molar-refractivity contribution < 1.29 is 0 Å². The van der Waals surface area contributed by atoms with Crippen LogP contribution in [0, 0.1) is 18.3 Å². The number of pyridine rings is 1. The molecule has 0 atom stereocenters. The smallest absolute Gasteiger partial charge is 0.0991 e. The van der Waals surface area contributed by atoms with Gasteiger partial charge in [-0.3, -0.25) is 4.98 Å². The maximum absolute atomic E-state index is 9.07. The molecule has 0 aliphatic rings. The Balaban J connectivity index is 1.98. The minimum absolute atomic E-state index is 0.693. The van der Waals surface area contributed by atoms with Crippen LogP contribution in [0.4, 0.5) is 0 Å². The molecule has 3 rings (SSSR count). The number of aromatic nitrogens is 1. The van der Waals surface area contributed by atoms with Gasteiger partial charge >= 0.3 is 0 Å². The molecule has 2 aromatic carbocycles. The Morgan fingerprint density at radius 2 is 1.62 bits per heavy atom. The summed E-state index contributed by atoms with van der Waals surface area (Å²) in [6.07, 6.45) is 1.79. The van der Waals surface area contributed by atoms with Crippen molar-refractivity contribution in [3.05, 3.63) is 78.0 Å². The van der Waals surface area contributed by atoms with E-state index in [1.807, 2.05) is 37.3 Å². The molecular formula is C19H14N2. The Kier molecular flexibility index (Phi) is 3.49. The molecule has 0 radical (unpaired) electrons. The average Bonchev–Trinajstić information content (AvgIpc) is 2.55. The van der Waals surface area contributed by atoms with Crippen LogP contribution >= 0.6 is 0 Å². The van der Waals surface area contributed by atoms with Crippen molar-refractivity contribution in [1.29, 1.82) is 5.26 Å². The molecule has 0 unspecified atom stereocenters. The second-order valence-corrected chi connectivity index (χ2v) is 4.99. The van der Waals surface area contributed by atoms with E-state index in [9.17, 15) is 0 Å². The summed E-state index contributed by atoms with van der Waals surface area (Å²) in [6.45, 7) is 2.01. The van der Waals surface area contributed by atoms with Gasteiger partial charge in [0.15, 0.2) is 0 Å². The first-order chi connectivity index (χ1) is 10.3. The van der Waals surface area contributed by atoms with Crippen LogP contribution in [0.1, 0.15) is 11.1 Å². The highest BCUT2D eigenvalue weighted by Crippen LogP contribution is 2.25. The zero-order valence-corrected chi connectivity index (χ0v) is 11.7. The van der Waals surface area contributed by atoms with Crippen molar-refractivity contribution in [3.8, 4) is 28.5 Å². The van der Waals surface area contributed by atoms with Gasteiger partial charge in [-0.2, -0.15) is 5.26 Å². The van der Waals surface area contributed by atoms with Gasteiger partial charge in [-0.1, -0.05) is 36.4 Å². The molecule has 0 aliphatic carbocycles. The molecule has 2 heteroatoms. The molecule has 0 saturated heterocycles. The maximum Gasteiger partial charge on any atom is 0.0991 e. The summed E-state index contributed by atoms with van der Waals surface area (Å²) in [5, 5.41) is 9.07. The molecule has 0 amide bonds. The summed E-state index contributed by atoms with van der Waals surface area (Å²) in [5.74, 6) is 0. The fourth-order valence-electron chi connectivity index (χ4n) is 2.38. The van der Waals surface area contributed by atoms with E-state index in [1.165, 1.54) is 0 Å². The first-order valence-corrected chi connectivity index (χ1v) is 6.80. The van der Waals surface area contributed by atoms with Crippen molar-refractivity contribution in [3.63, 3.8) is 0 Å². The highest BCUT2D eigenvalue weighted by Gasteiger charge is 2.03. The fourth-order valence-corrected chi connectivity index (χ4v) is 2.38. The van der Waals surface area contributed by atoms with Gasteiger partial charge in [-0.25, -0.2) is 0 Å². The Labute approximate surface area is 124 Å². The van der Waals surface area contributed by atoms with Crippen LogP contribution in [0.3, 0.4) is 0 Å². The second-order valence-electron chi connectivity index (χ2n) is 4.99. The number of benzene rings is 2. The summed E-state index contributed by atoms with van der Waals surface area (Å²) < 4.78 is 0. The van der Waals surface area contributed by atoms with Crippen molar-refractivity contribution >= 4 is 0 Å². The van der Waals surface area contributed by atoms with Gasteiger partial charge in [0.2, 0.25) is 0 Å². The maximum atomic E-state index is 9.07. The molecule has 21 heavy (non-hydrogen) atoms. The van der Waals surface area contributed by atoms with Crippen LogP contribution in [0.25, 0.3) is 22.4 Å². The van der Waals surface area contributed by atoms with E-state index in [2.05, 4.69) is 41.4 Å². The monoisotopic (exact) mass is 270 g/mol. The lowest BCUT2D eigenvalue weighted by Gasteiger charge is -2.06. The summed E-state index contributed by atoms with van der Waals surface area (Å²) in [5.41, 5.74) is 6.02. The molecule has 0 fully saturated rings. The van der Waals surface area contributed by atoms with Crippen LogP contribution in [0.5, 0.6) is 0 Å². The second kappa shape index (κ2) is 5.60. The third-order valence-corrected chi connectivity index (χ3v) is 3.39. The van der Waals surface area contributed by atoms with Crippen molar-refractivity contribution in [2.75, 3.05) is 0 Å². The predicted octanol–water partition coefficient (Wildman–Crippen LogP) is 4.60. The highest BCUT2D eigenvalue weighted by molar-refractivity contribution is 5.70. The Morgan fingerprint density at radius 1 is 0.857 bits per heavy atom. The van der Waals surface area contributed by atoms with Gasteiger partial charge in [0.25, 0.3) is 0 Å². The normalized spacial score (nSPS) is 10.1. The van der Waals surface area contributed by atoms with Gasteiger partial charge in [-0.05, 0) is 47.9 Å². The minimum atomic E-state index is 0.693. The Bertz CT molecular complexity index is 797. The zero-order valence-electron chi connectivity index (χ0n) is 11.7. The standard InChI is InChI=1S/C19H14N2/c1-14-10-15(13-20)12-18(11-14)16-5-7-17(8-6-16)19-4-2-3-9-21-19/h2-12H,1H3. The summed E-state index contributed by atoms with van der Waals surface area (Å²) in [7, 11) is 0. The van der Waals surface area contributed by atoms with E-state index in [4.69, 9.17) is 5.26 Å². The zero-order chi connectivity index (χ0) is 14.7. The fraction of sp³-hybridized carbons (Fsp3) is 0.0526. The van der Waals surface area contributed by atoms with Crippen LogP contribution in [-0.2, 0) is 0 Å². The van der Waals surface area contributed by atoms with E-state index in [-0.39, 0.29) is 0 Å². The quantitative estimate of drug-likeness (QED) is 0.682. The number of aryl methyl sites for hydroxylation is 1. The molecule has 1 heterocycles. The molecule has 0 spiro atoms. The van der Waals surface area contributed by atoms with Crippen LogP contribution in [0.15, 0.2) is 66.9 Å².